The average molecular weight is 220 g/mol. The number of carbonyl (C=O) groups excluding carboxylic acids is 1. The number of ketones is 1. The summed E-state index contributed by atoms with van der Waals surface area (Å²) < 4.78 is 5.53. The van der Waals surface area contributed by atoms with Crippen molar-refractivity contribution in [1.29, 1.82) is 0 Å². The Morgan fingerprint density at radius 2 is 2.00 bits per heavy atom. The van der Waals surface area contributed by atoms with Crippen LogP contribution in [0.25, 0.3) is 0 Å². The summed E-state index contributed by atoms with van der Waals surface area (Å²) >= 11 is 0. The summed E-state index contributed by atoms with van der Waals surface area (Å²) in [5.41, 5.74) is 1.00. The number of rotatable bonds is 6. The van der Waals surface area contributed by atoms with E-state index in [0.717, 1.165) is 17.7 Å². The van der Waals surface area contributed by atoms with Crippen molar-refractivity contribution in [2.75, 3.05) is 6.61 Å². The first kappa shape index (κ1) is 12.8. The predicted molar refractivity (Wildman–Crippen MR) is 65.9 cm³/mol. The van der Waals surface area contributed by atoms with Gasteiger partial charge < -0.3 is 4.74 Å². The quantitative estimate of drug-likeness (QED) is 0.732. The normalized spacial score (nSPS) is 12.2. The minimum Gasteiger partial charge on any atom is -0.494 e. The first-order valence-electron chi connectivity index (χ1n) is 5.95. The number of carbonyl (C=O) groups is 1. The smallest absolute Gasteiger partial charge is 0.140 e. The molecule has 0 aliphatic carbocycles. The fourth-order valence-electron chi connectivity index (χ4n) is 1.76. The van der Waals surface area contributed by atoms with Gasteiger partial charge in [-0.25, -0.2) is 0 Å². The van der Waals surface area contributed by atoms with Crippen LogP contribution in [-0.2, 0) is 4.79 Å². The zero-order valence-electron chi connectivity index (χ0n) is 10.3. The Labute approximate surface area is 97.6 Å². The predicted octanol–water partition coefficient (Wildman–Crippen LogP) is 3.56. The van der Waals surface area contributed by atoms with Crippen LogP contribution in [0.15, 0.2) is 24.3 Å². The van der Waals surface area contributed by atoms with Crippen LogP contribution in [0.5, 0.6) is 5.75 Å². The van der Waals surface area contributed by atoms with Gasteiger partial charge in [-0.05, 0) is 19.4 Å². The molecule has 0 heterocycles. The van der Waals surface area contributed by atoms with E-state index in [4.69, 9.17) is 4.74 Å². The Balaban J connectivity index is 2.89. The van der Waals surface area contributed by atoms with E-state index >= 15 is 0 Å². The van der Waals surface area contributed by atoms with Gasteiger partial charge in [0.15, 0.2) is 0 Å². The highest BCUT2D eigenvalue weighted by atomic mass is 16.5. The lowest BCUT2D eigenvalue weighted by atomic mass is 9.93. The number of benzene rings is 1. The number of ether oxygens (including phenoxy) is 1. The Morgan fingerprint density at radius 1 is 1.31 bits per heavy atom. The number of hydrogen-bond acceptors (Lipinski definition) is 2. The Hall–Kier alpha value is -1.31. The van der Waals surface area contributed by atoms with Gasteiger partial charge in [0, 0.05) is 17.9 Å². The first-order valence-corrected chi connectivity index (χ1v) is 5.95. The fraction of sp³-hybridized carbons (Fsp3) is 0.500. The molecule has 16 heavy (non-hydrogen) atoms. The number of Topliss-reactive ketones (excluding diaryl/α,β-unsaturated/α-hetero) is 1. The minimum absolute atomic E-state index is 0.0669. The second kappa shape index (κ2) is 6.31. The third-order valence-corrected chi connectivity index (χ3v) is 2.66. The lowest BCUT2D eigenvalue weighted by Crippen LogP contribution is -2.10. The van der Waals surface area contributed by atoms with Gasteiger partial charge in [-0.15, -0.1) is 0 Å². The number of hydrogen-bond donors (Lipinski definition) is 0. The van der Waals surface area contributed by atoms with Crippen LogP contribution in [0.4, 0.5) is 0 Å². The van der Waals surface area contributed by atoms with E-state index in [-0.39, 0.29) is 11.7 Å². The monoisotopic (exact) mass is 220 g/mol. The molecule has 2 heteroatoms. The van der Waals surface area contributed by atoms with Crippen molar-refractivity contribution in [2.24, 2.45) is 0 Å². The van der Waals surface area contributed by atoms with Gasteiger partial charge >= 0.3 is 0 Å². The summed E-state index contributed by atoms with van der Waals surface area (Å²) in [5.74, 6) is 1.05. The van der Waals surface area contributed by atoms with Crippen LogP contribution in [0.3, 0.4) is 0 Å². The molecule has 0 amide bonds. The van der Waals surface area contributed by atoms with Crippen LogP contribution in [0.1, 0.15) is 45.1 Å². The molecular formula is C14H20O2. The van der Waals surface area contributed by atoms with Gasteiger partial charge in [0.05, 0.1) is 6.61 Å². The van der Waals surface area contributed by atoms with Gasteiger partial charge in [-0.1, -0.05) is 32.0 Å². The second-order valence-corrected chi connectivity index (χ2v) is 3.91. The van der Waals surface area contributed by atoms with Crippen LogP contribution in [0, 0.1) is 0 Å². The van der Waals surface area contributed by atoms with Crippen LogP contribution >= 0.6 is 0 Å². The van der Waals surface area contributed by atoms with Crippen molar-refractivity contribution in [2.45, 2.75) is 39.5 Å². The van der Waals surface area contributed by atoms with Crippen molar-refractivity contribution in [1.82, 2.24) is 0 Å². The van der Waals surface area contributed by atoms with E-state index in [1.807, 2.05) is 45.0 Å². The SMILES string of the molecule is CCCC(=O)C(C)c1ccccc1OCC. The standard InChI is InChI=1S/C14H20O2/c1-4-8-13(15)11(3)12-9-6-7-10-14(12)16-5-2/h6-7,9-11H,4-5,8H2,1-3H3. The van der Waals surface area contributed by atoms with Crippen molar-refractivity contribution >= 4 is 5.78 Å². The summed E-state index contributed by atoms with van der Waals surface area (Å²) in [6, 6.07) is 7.79. The maximum Gasteiger partial charge on any atom is 0.140 e. The Kier molecular flexibility index (Phi) is 5.03. The van der Waals surface area contributed by atoms with Crippen LogP contribution < -0.4 is 4.74 Å². The third kappa shape index (κ3) is 3.09. The Bertz CT molecular complexity index is 344. The molecule has 0 N–H and O–H groups in total. The van der Waals surface area contributed by atoms with Crippen molar-refractivity contribution in [3.05, 3.63) is 29.8 Å². The molecule has 0 aromatic heterocycles. The topological polar surface area (TPSA) is 26.3 Å². The highest BCUT2D eigenvalue weighted by molar-refractivity contribution is 5.85. The first-order chi connectivity index (χ1) is 7.70. The van der Waals surface area contributed by atoms with Gasteiger partial charge in [-0.2, -0.15) is 0 Å². The number of para-hydroxylation sites is 1. The molecular weight excluding hydrogens is 200 g/mol. The highest BCUT2D eigenvalue weighted by Crippen LogP contribution is 2.27. The lowest BCUT2D eigenvalue weighted by molar-refractivity contribution is -0.120. The maximum absolute atomic E-state index is 11.8. The largest absolute Gasteiger partial charge is 0.494 e. The molecule has 0 saturated heterocycles. The molecule has 2 nitrogen and oxygen atoms in total. The van der Waals surface area contributed by atoms with E-state index in [1.165, 1.54) is 0 Å². The zero-order valence-corrected chi connectivity index (χ0v) is 10.3. The van der Waals surface area contributed by atoms with E-state index in [2.05, 4.69) is 0 Å². The van der Waals surface area contributed by atoms with Gasteiger partial charge in [0.25, 0.3) is 0 Å². The van der Waals surface area contributed by atoms with E-state index in [1.54, 1.807) is 0 Å². The minimum atomic E-state index is -0.0669. The molecule has 0 spiro atoms. The highest BCUT2D eigenvalue weighted by Gasteiger charge is 2.17. The summed E-state index contributed by atoms with van der Waals surface area (Å²) in [6.45, 7) is 6.57. The summed E-state index contributed by atoms with van der Waals surface area (Å²) in [4.78, 5) is 11.8. The van der Waals surface area contributed by atoms with Gasteiger partial charge in [-0.3, -0.25) is 4.79 Å². The molecule has 0 radical (unpaired) electrons. The Morgan fingerprint density at radius 3 is 2.62 bits per heavy atom. The van der Waals surface area contributed by atoms with Crippen molar-refractivity contribution < 1.29 is 9.53 Å². The summed E-state index contributed by atoms with van der Waals surface area (Å²) in [6.07, 6.45) is 1.54. The van der Waals surface area contributed by atoms with Gasteiger partial charge in [0.1, 0.15) is 11.5 Å². The molecule has 0 bridgehead atoms. The van der Waals surface area contributed by atoms with Crippen molar-refractivity contribution in [3.8, 4) is 5.75 Å². The summed E-state index contributed by atoms with van der Waals surface area (Å²) in [5, 5.41) is 0. The average Bonchev–Trinajstić information content (AvgIpc) is 2.29. The molecule has 1 rings (SSSR count). The van der Waals surface area contributed by atoms with Gasteiger partial charge in [0.2, 0.25) is 0 Å². The molecule has 88 valence electrons. The van der Waals surface area contributed by atoms with E-state index in [0.29, 0.717) is 13.0 Å². The molecule has 1 atom stereocenters. The molecule has 0 saturated carbocycles. The summed E-state index contributed by atoms with van der Waals surface area (Å²) in [7, 11) is 0. The van der Waals surface area contributed by atoms with Crippen LogP contribution in [0.2, 0.25) is 0 Å². The maximum atomic E-state index is 11.8. The van der Waals surface area contributed by atoms with Crippen molar-refractivity contribution in [3.63, 3.8) is 0 Å². The molecule has 0 aliphatic heterocycles. The molecule has 0 aliphatic rings. The third-order valence-electron chi connectivity index (χ3n) is 2.66. The molecule has 1 unspecified atom stereocenters. The lowest BCUT2D eigenvalue weighted by Gasteiger charge is -2.15. The second-order valence-electron chi connectivity index (χ2n) is 3.91. The molecule has 0 fully saturated rings. The molecule has 1 aromatic rings. The zero-order chi connectivity index (χ0) is 12.0. The fourth-order valence-corrected chi connectivity index (χ4v) is 1.76. The van der Waals surface area contributed by atoms with Crippen LogP contribution in [-0.4, -0.2) is 12.4 Å². The van der Waals surface area contributed by atoms with E-state index in [9.17, 15) is 4.79 Å². The van der Waals surface area contributed by atoms with E-state index < -0.39 is 0 Å². The molecule has 1 aromatic carbocycles.